The number of carbonyl (C=O) groups excluding carboxylic acids is 3. The molecule has 0 aliphatic carbocycles. The van der Waals surface area contributed by atoms with Crippen LogP contribution in [-0.4, -0.2) is 62.3 Å². The van der Waals surface area contributed by atoms with Crippen molar-refractivity contribution in [1.29, 1.82) is 0 Å². The van der Waals surface area contributed by atoms with E-state index >= 15 is 0 Å². The van der Waals surface area contributed by atoms with Crippen LogP contribution in [0.15, 0.2) is 54.0 Å². The Morgan fingerprint density at radius 3 is 2.64 bits per heavy atom. The normalized spacial score (nSPS) is 19.9. The number of amides is 3. The van der Waals surface area contributed by atoms with Gasteiger partial charge in [0.25, 0.3) is 5.91 Å². The van der Waals surface area contributed by atoms with Crippen LogP contribution < -0.4 is 5.32 Å². The fourth-order valence-corrected chi connectivity index (χ4v) is 5.74. The van der Waals surface area contributed by atoms with Crippen molar-refractivity contribution in [3.05, 3.63) is 76.4 Å². The number of β-amino-alcohol motifs (C(OH)–C–C–N with tert-alkyl or cyclic N) is 1. The highest BCUT2D eigenvalue weighted by Gasteiger charge is 2.43. The van der Waals surface area contributed by atoms with E-state index in [0.29, 0.717) is 18.7 Å². The molecule has 1 fully saturated rings. The van der Waals surface area contributed by atoms with E-state index in [1.807, 2.05) is 48.8 Å². The molecular weight excluding hydrogens is 476 g/mol. The maximum absolute atomic E-state index is 13.4. The first-order valence-electron chi connectivity index (χ1n) is 12.0. The molecule has 3 aromatic rings. The zero-order chi connectivity index (χ0) is 25.4. The lowest BCUT2D eigenvalue weighted by molar-refractivity contribution is -0.141. The molecule has 8 nitrogen and oxygen atoms in total. The molecular formula is C27H28N4O4S. The van der Waals surface area contributed by atoms with Crippen LogP contribution in [0.25, 0.3) is 10.4 Å². The SMILES string of the molecule is Cc1ncsc1-c1ccc(CNC(=O)C2CC(O)CN2C(=O)C(C)N2Cc3ccccc3C2=O)cc1. The van der Waals surface area contributed by atoms with Crippen molar-refractivity contribution in [2.24, 2.45) is 0 Å². The van der Waals surface area contributed by atoms with E-state index in [2.05, 4.69) is 10.3 Å². The van der Waals surface area contributed by atoms with E-state index in [0.717, 1.165) is 27.3 Å². The van der Waals surface area contributed by atoms with Gasteiger partial charge in [-0.05, 0) is 36.6 Å². The average Bonchev–Trinajstić information content (AvgIpc) is 3.59. The number of thiazole rings is 1. The molecule has 2 N–H and O–H groups in total. The summed E-state index contributed by atoms with van der Waals surface area (Å²) in [7, 11) is 0. The highest BCUT2D eigenvalue weighted by Crippen LogP contribution is 2.28. The van der Waals surface area contributed by atoms with Gasteiger partial charge >= 0.3 is 0 Å². The molecule has 1 saturated heterocycles. The van der Waals surface area contributed by atoms with Gasteiger partial charge in [0.2, 0.25) is 11.8 Å². The van der Waals surface area contributed by atoms with Crippen molar-refractivity contribution in [1.82, 2.24) is 20.1 Å². The van der Waals surface area contributed by atoms with Crippen LogP contribution in [0.5, 0.6) is 0 Å². The van der Waals surface area contributed by atoms with Gasteiger partial charge in [-0.3, -0.25) is 14.4 Å². The van der Waals surface area contributed by atoms with Crippen molar-refractivity contribution in [3.63, 3.8) is 0 Å². The number of fused-ring (bicyclic) bond motifs is 1. The lowest BCUT2D eigenvalue weighted by Gasteiger charge is -2.30. The number of nitrogens with one attached hydrogen (secondary N) is 1. The summed E-state index contributed by atoms with van der Waals surface area (Å²) in [6.45, 7) is 4.39. The van der Waals surface area contributed by atoms with E-state index in [4.69, 9.17) is 0 Å². The van der Waals surface area contributed by atoms with Crippen LogP contribution in [0.2, 0.25) is 0 Å². The van der Waals surface area contributed by atoms with Crippen LogP contribution in [0, 0.1) is 6.92 Å². The van der Waals surface area contributed by atoms with Gasteiger partial charge in [0, 0.05) is 31.6 Å². The average molecular weight is 505 g/mol. The fraction of sp³-hybridized carbons (Fsp3) is 0.333. The minimum Gasteiger partial charge on any atom is -0.391 e. The quantitative estimate of drug-likeness (QED) is 0.538. The Balaban J connectivity index is 1.22. The monoisotopic (exact) mass is 504 g/mol. The molecule has 186 valence electrons. The number of nitrogens with zero attached hydrogens (tertiary/aromatic N) is 3. The maximum atomic E-state index is 13.4. The molecule has 0 spiro atoms. The van der Waals surface area contributed by atoms with E-state index in [1.54, 1.807) is 30.4 Å². The Kier molecular flexibility index (Phi) is 6.59. The first-order valence-corrected chi connectivity index (χ1v) is 12.9. The molecule has 2 aromatic carbocycles. The summed E-state index contributed by atoms with van der Waals surface area (Å²) in [5.41, 5.74) is 6.30. The van der Waals surface area contributed by atoms with Crippen molar-refractivity contribution in [2.45, 2.75) is 51.5 Å². The van der Waals surface area contributed by atoms with Crippen LogP contribution >= 0.6 is 11.3 Å². The number of aromatic nitrogens is 1. The first-order chi connectivity index (χ1) is 17.3. The van der Waals surface area contributed by atoms with Crippen LogP contribution in [0.3, 0.4) is 0 Å². The molecule has 9 heteroatoms. The molecule has 2 aliphatic rings. The predicted octanol–water partition coefficient (Wildman–Crippen LogP) is 2.74. The molecule has 1 aromatic heterocycles. The molecule has 2 aliphatic heterocycles. The molecule has 0 saturated carbocycles. The number of carbonyl (C=O) groups is 3. The summed E-state index contributed by atoms with van der Waals surface area (Å²) < 4.78 is 0. The third kappa shape index (κ3) is 4.52. The number of aliphatic hydroxyl groups is 1. The third-order valence-electron chi connectivity index (χ3n) is 6.97. The Morgan fingerprint density at radius 2 is 1.94 bits per heavy atom. The summed E-state index contributed by atoms with van der Waals surface area (Å²) in [4.78, 5) is 47.6. The Labute approximate surface area is 213 Å². The molecule has 5 rings (SSSR count). The van der Waals surface area contributed by atoms with E-state index < -0.39 is 18.2 Å². The number of hydrogen-bond acceptors (Lipinski definition) is 6. The predicted molar refractivity (Wildman–Crippen MR) is 136 cm³/mol. The van der Waals surface area contributed by atoms with Crippen molar-refractivity contribution in [2.75, 3.05) is 6.54 Å². The zero-order valence-corrected chi connectivity index (χ0v) is 21.0. The molecule has 0 radical (unpaired) electrons. The number of benzene rings is 2. The second kappa shape index (κ2) is 9.83. The summed E-state index contributed by atoms with van der Waals surface area (Å²) in [5.74, 6) is -0.841. The standard InChI is InChI=1S/C27H28N4O4S/c1-16-24(36-15-29-16)19-9-7-18(8-10-19)12-28-25(33)23-11-21(32)14-31(23)26(34)17(2)30-13-20-5-3-4-6-22(20)27(30)35/h3-10,15,17,21,23,32H,11-14H2,1-2H3,(H,28,33). The van der Waals surface area contributed by atoms with Gasteiger partial charge in [0.05, 0.1) is 22.2 Å². The number of likely N-dealkylation sites (tertiary alicyclic amines) is 1. The van der Waals surface area contributed by atoms with E-state index in [-0.39, 0.29) is 30.7 Å². The number of rotatable bonds is 6. The zero-order valence-electron chi connectivity index (χ0n) is 20.2. The van der Waals surface area contributed by atoms with Gasteiger partial charge in [-0.25, -0.2) is 4.98 Å². The molecule has 3 heterocycles. The van der Waals surface area contributed by atoms with Crippen molar-refractivity contribution in [3.8, 4) is 10.4 Å². The van der Waals surface area contributed by atoms with Gasteiger partial charge in [0.15, 0.2) is 0 Å². The second-order valence-electron chi connectivity index (χ2n) is 9.34. The fourth-order valence-electron chi connectivity index (χ4n) is 4.93. The van der Waals surface area contributed by atoms with Crippen LogP contribution in [0.1, 0.15) is 40.5 Å². The molecule has 3 atom stereocenters. The van der Waals surface area contributed by atoms with Crippen LogP contribution in [-0.2, 0) is 22.7 Å². The van der Waals surface area contributed by atoms with Crippen molar-refractivity contribution < 1.29 is 19.5 Å². The van der Waals surface area contributed by atoms with Crippen molar-refractivity contribution >= 4 is 29.1 Å². The van der Waals surface area contributed by atoms with Crippen LogP contribution in [0.4, 0.5) is 0 Å². The summed E-state index contributed by atoms with van der Waals surface area (Å²) in [5, 5.41) is 13.2. The highest BCUT2D eigenvalue weighted by atomic mass is 32.1. The Hall–Kier alpha value is -3.56. The van der Waals surface area contributed by atoms with Gasteiger partial charge in [-0.2, -0.15) is 0 Å². The van der Waals surface area contributed by atoms with E-state index in [1.165, 1.54) is 9.80 Å². The summed E-state index contributed by atoms with van der Waals surface area (Å²) >= 11 is 1.59. The summed E-state index contributed by atoms with van der Waals surface area (Å²) in [6, 6.07) is 13.7. The largest absolute Gasteiger partial charge is 0.391 e. The summed E-state index contributed by atoms with van der Waals surface area (Å²) in [6.07, 6.45) is -0.618. The molecule has 3 unspecified atom stereocenters. The smallest absolute Gasteiger partial charge is 0.255 e. The van der Waals surface area contributed by atoms with Gasteiger partial charge in [-0.1, -0.05) is 42.5 Å². The van der Waals surface area contributed by atoms with E-state index in [9.17, 15) is 19.5 Å². The lowest BCUT2D eigenvalue weighted by Crippen LogP contribution is -2.52. The maximum Gasteiger partial charge on any atom is 0.255 e. The molecule has 0 bridgehead atoms. The first kappa shape index (κ1) is 24.1. The minimum atomic E-state index is -0.787. The lowest BCUT2D eigenvalue weighted by atomic mass is 10.1. The second-order valence-corrected chi connectivity index (χ2v) is 10.2. The third-order valence-corrected chi connectivity index (χ3v) is 7.94. The number of hydrogen-bond donors (Lipinski definition) is 2. The number of aliphatic hydroxyl groups excluding tert-OH is 1. The number of aryl methyl sites for hydroxylation is 1. The minimum absolute atomic E-state index is 0.0686. The highest BCUT2D eigenvalue weighted by molar-refractivity contribution is 7.13. The van der Waals surface area contributed by atoms with Gasteiger partial charge in [-0.15, -0.1) is 11.3 Å². The van der Waals surface area contributed by atoms with Gasteiger partial charge < -0.3 is 20.2 Å². The topological polar surface area (TPSA) is 103 Å². The Morgan fingerprint density at radius 1 is 1.19 bits per heavy atom. The van der Waals surface area contributed by atoms with Gasteiger partial charge in [0.1, 0.15) is 12.1 Å². The Bertz CT molecular complexity index is 1310. The molecule has 3 amide bonds. The molecule has 36 heavy (non-hydrogen) atoms.